The van der Waals surface area contributed by atoms with Gasteiger partial charge in [-0.15, -0.1) is 0 Å². The van der Waals surface area contributed by atoms with Crippen molar-refractivity contribution in [2.45, 2.75) is 56.9 Å². The van der Waals surface area contributed by atoms with Gasteiger partial charge in [-0.3, -0.25) is 0 Å². The zero-order valence-electron chi connectivity index (χ0n) is 14.3. The van der Waals surface area contributed by atoms with Crippen LogP contribution in [0, 0.1) is 23.3 Å². The van der Waals surface area contributed by atoms with Crippen molar-refractivity contribution in [1.82, 2.24) is 0 Å². The molecule has 0 atom stereocenters. The van der Waals surface area contributed by atoms with Crippen molar-refractivity contribution >= 4 is 5.69 Å². The molecule has 1 aromatic rings. The molecule has 0 bridgehead atoms. The van der Waals surface area contributed by atoms with E-state index in [1.807, 2.05) is 0 Å². The van der Waals surface area contributed by atoms with Crippen LogP contribution in [0.1, 0.15) is 39.0 Å². The number of anilines is 1. The molecule has 27 heavy (non-hydrogen) atoms. The summed E-state index contributed by atoms with van der Waals surface area (Å²) in [6, 6.07) is -6.06. The summed E-state index contributed by atoms with van der Waals surface area (Å²) in [5.41, 5.74) is -1.84. The van der Waals surface area contributed by atoms with Gasteiger partial charge in [-0.2, -0.15) is 26.3 Å². The average Bonchev–Trinajstić information content (AvgIpc) is 2.59. The Labute approximate surface area is 148 Å². The summed E-state index contributed by atoms with van der Waals surface area (Å²) in [7, 11) is 0.0380. The highest BCUT2D eigenvalue weighted by Crippen LogP contribution is 2.50. The molecule has 0 aliphatic heterocycles. The zero-order valence-corrected chi connectivity index (χ0v) is 14.3. The third-order valence-electron chi connectivity index (χ3n) is 4.05. The number of hydrogen-bond donors (Lipinski definition) is 0. The minimum absolute atomic E-state index is 0.0380. The van der Waals surface area contributed by atoms with Crippen LogP contribution in [0.3, 0.4) is 0 Å². The summed E-state index contributed by atoms with van der Waals surface area (Å²) < 4.78 is 136. The third kappa shape index (κ3) is 4.26. The van der Waals surface area contributed by atoms with Crippen LogP contribution < -0.4 is 4.90 Å². The van der Waals surface area contributed by atoms with Crippen molar-refractivity contribution in [3.05, 3.63) is 29.3 Å². The summed E-state index contributed by atoms with van der Waals surface area (Å²) in [6.45, 7) is 1.71. The van der Waals surface area contributed by atoms with E-state index < -0.39 is 64.6 Å². The van der Waals surface area contributed by atoms with E-state index in [2.05, 4.69) is 0 Å². The van der Waals surface area contributed by atoms with Gasteiger partial charge in [0.2, 0.25) is 0 Å². The smallest absolute Gasteiger partial charge is 0.308 e. The minimum Gasteiger partial charge on any atom is -0.308 e. The molecule has 1 aromatic carbocycles. The van der Waals surface area contributed by atoms with Gasteiger partial charge >= 0.3 is 17.9 Å². The van der Waals surface area contributed by atoms with Crippen LogP contribution in [0.5, 0.6) is 0 Å². The normalized spacial score (nSPS) is 13.2. The Morgan fingerprint density at radius 1 is 0.815 bits per heavy atom. The van der Waals surface area contributed by atoms with Crippen molar-refractivity contribution in [3.8, 4) is 0 Å². The Hall–Kier alpha value is -1.68. The molecule has 0 radical (unpaired) electrons. The van der Waals surface area contributed by atoms with E-state index in [9.17, 15) is 43.9 Å². The Morgan fingerprint density at radius 2 is 1.37 bits per heavy atom. The van der Waals surface area contributed by atoms with Crippen molar-refractivity contribution < 1.29 is 43.9 Å². The van der Waals surface area contributed by atoms with Crippen LogP contribution in [-0.2, 0) is 0 Å². The second-order valence-electron chi connectivity index (χ2n) is 6.01. The molecular weight excluding hydrogens is 396 g/mol. The number of alkyl halides is 6. The van der Waals surface area contributed by atoms with E-state index in [0.717, 1.165) is 0 Å². The molecule has 0 saturated heterocycles. The fraction of sp³-hybridized carbons (Fsp3) is 0.625. The van der Waals surface area contributed by atoms with E-state index >= 15 is 0 Å². The molecule has 1 nitrogen and oxygen atoms in total. The molecule has 11 heteroatoms. The van der Waals surface area contributed by atoms with Crippen LogP contribution in [0.15, 0.2) is 6.07 Å². The van der Waals surface area contributed by atoms with Crippen molar-refractivity contribution in [2.24, 2.45) is 0 Å². The third-order valence-corrected chi connectivity index (χ3v) is 4.05. The van der Waals surface area contributed by atoms with Gasteiger partial charge in [0.1, 0.15) is 0 Å². The molecule has 0 aliphatic rings. The second kappa shape index (κ2) is 8.14. The minimum atomic E-state index is -6.01. The quantitative estimate of drug-likeness (QED) is 0.147. The predicted octanol–water partition coefficient (Wildman–Crippen LogP) is 6.51. The van der Waals surface area contributed by atoms with Crippen LogP contribution >= 0.6 is 0 Å². The van der Waals surface area contributed by atoms with E-state index in [-0.39, 0.29) is 19.5 Å². The van der Waals surface area contributed by atoms with Gasteiger partial charge in [0.15, 0.2) is 23.3 Å². The fourth-order valence-corrected chi connectivity index (χ4v) is 2.32. The Morgan fingerprint density at radius 3 is 1.89 bits per heavy atom. The first kappa shape index (κ1) is 23.4. The standard InChI is InChI=1S/C16H17F10N/c1-3-4-5-6-7-14(21,22)15(23,24)16(25,26)27(2)10-8-9(17)11(18)13(20)12(10)19/h8H,3-7H2,1-2H3. The first-order valence-electron chi connectivity index (χ1n) is 7.92. The molecule has 0 fully saturated rings. The fourth-order valence-electron chi connectivity index (χ4n) is 2.32. The maximum absolute atomic E-state index is 14.1. The number of nitrogens with zero attached hydrogens (tertiary/aromatic N) is 1. The highest BCUT2D eigenvalue weighted by atomic mass is 19.3. The van der Waals surface area contributed by atoms with Gasteiger partial charge in [-0.1, -0.05) is 26.2 Å². The SMILES string of the molecule is CCCCCCC(F)(F)C(F)(F)C(F)(F)N(C)c1cc(F)c(F)c(F)c1F. The van der Waals surface area contributed by atoms with Crippen LogP contribution in [0.2, 0.25) is 0 Å². The van der Waals surface area contributed by atoms with Crippen molar-refractivity contribution in [2.75, 3.05) is 11.9 Å². The van der Waals surface area contributed by atoms with Crippen molar-refractivity contribution in [3.63, 3.8) is 0 Å². The predicted molar refractivity (Wildman–Crippen MR) is 78.3 cm³/mol. The topological polar surface area (TPSA) is 3.24 Å². The number of rotatable bonds is 9. The number of halogens is 10. The van der Waals surface area contributed by atoms with E-state index in [0.29, 0.717) is 12.8 Å². The van der Waals surface area contributed by atoms with Gasteiger partial charge in [-0.25, -0.2) is 17.6 Å². The molecule has 0 aliphatic carbocycles. The van der Waals surface area contributed by atoms with Gasteiger partial charge in [-0.05, 0) is 6.42 Å². The van der Waals surface area contributed by atoms with E-state index in [4.69, 9.17) is 0 Å². The van der Waals surface area contributed by atoms with E-state index in [1.165, 1.54) is 0 Å². The second-order valence-corrected chi connectivity index (χ2v) is 6.01. The molecule has 0 N–H and O–H groups in total. The van der Waals surface area contributed by atoms with Gasteiger partial charge in [0.25, 0.3) is 0 Å². The molecular formula is C16H17F10N. The molecule has 0 heterocycles. The Balaban J connectivity index is 3.23. The lowest BCUT2D eigenvalue weighted by Crippen LogP contribution is -2.61. The maximum atomic E-state index is 14.1. The Kier molecular flexibility index (Phi) is 7.04. The molecule has 0 spiro atoms. The molecule has 1 rings (SSSR count). The van der Waals surface area contributed by atoms with Gasteiger partial charge < -0.3 is 4.90 Å². The molecule has 0 aromatic heterocycles. The summed E-state index contributed by atoms with van der Waals surface area (Å²) in [6.07, 6.45) is -0.922. The van der Waals surface area contributed by atoms with Crippen molar-refractivity contribution in [1.29, 1.82) is 0 Å². The zero-order chi connectivity index (χ0) is 21.2. The lowest BCUT2D eigenvalue weighted by molar-refractivity contribution is -0.309. The van der Waals surface area contributed by atoms with E-state index in [1.54, 1.807) is 6.92 Å². The summed E-state index contributed by atoms with van der Waals surface area (Å²) in [4.78, 5) is -1.03. The molecule has 0 amide bonds. The lowest BCUT2D eigenvalue weighted by Gasteiger charge is -2.38. The average molecular weight is 413 g/mol. The van der Waals surface area contributed by atoms with Crippen LogP contribution in [0.25, 0.3) is 0 Å². The number of hydrogen-bond acceptors (Lipinski definition) is 1. The lowest BCUT2D eigenvalue weighted by atomic mass is 10.0. The van der Waals surface area contributed by atoms with Gasteiger partial charge in [0, 0.05) is 19.5 Å². The Bertz CT molecular complexity index is 659. The first-order valence-corrected chi connectivity index (χ1v) is 7.92. The molecule has 156 valence electrons. The first-order chi connectivity index (χ1) is 12.2. The highest BCUT2D eigenvalue weighted by Gasteiger charge is 2.73. The maximum Gasteiger partial charge on any atom is 0.394 e. The molecule has 0 unspecified atom stereocenters. The van der Waals surface area contributed by atoms with Gasteiger partial charge in [0.05, 0.1) is 5.69 Å². The largest absolute Gasteiger partial charge is 0.394 e. The number of unbranched alkanes of at least 4 members (excludes halogenated alkanes) is 3. The van der Waals surface area contributed by atoms with Crippen LogP contribution in [0.4, 0.5) is 49.6 Å². The highest BCUT2D eigenvalue weighted by molar-refractivity contribution is 5.50. The summed E-state index contributed by atoms with van der Waals surface area (Å²) in [5.74, 6) is -20.7. The monoisotopic (exact) mass is 413 g/mol. The summed E-state index contributed by atoms with van der Waals surface area (Å²) in [5, 5.41) is 0. The number of benzene rings is 1. The summed E-state index contributed by atoms with van der Waals surface area (Å²) >= 11 is 0. The molecule has 0 saturated carbocycles. The van der Waals surface area contributed by atoms with Crippen LogP contribution in [-0.4, -0.2) is 24.9 Å².